The van der Waals surface area contributed by atoms with E-state index >= 15 is 0 Å². The van der Waals surface area contributed by atoms with Crippen LogP contribution in [0.5, 0.6) is 0 Å². The molecule has 0 aliphatic carbocycles. The lowest BCUT2D eigenvalue weighted by atomic mass is 10.0. The molecule has 7 nitrogen and oxygen atoms in total. The topological polar surface area (TPSA) is 97.5 Å². The van der Waals surface area contributed by atoms with Gasteiger partial charge in [0.05, 0.1) is 20.8 Å². The molecule has 3 aromatic carbocycles. The van der Waals surface area contributed by atoms with E-state index in [1.165, 1.54) is 24.5 Å². The lowest BCUT2D eigenvalue weighted by molar-refractivity contribution is 0.100. The molecule has 0 saturated carbocycles. The second-order valence-corrected chi connectivity index (χ2v) is 11.3. The van der Waals surface area contributed by atoms with Gasteiger partial charge in [0, 0.05) is 23.2 Å². The van der Waals surface area contributed by atoms with E-state index in [-0.39, 0.29) is 16.1 Å². The monoisotopic (exact) mass is 518 g/mol. The van der Waals surface area contributed by atoms with Gasteiger partial charge in [0.25, 0.3) is 15.9 Å². The first-order chi connectivity index (χ1) is 17.1. The van der Waals surface area contributed by atoms with Gasteiger partial charge < -0.3 is 4.42 Å². The predicted octanol–water partition coefficient (Wildman–Crippen LogP) is 5.67. The van der Waals surface area contributed by atoms with Crippen LogP contribution < -0.4 is 9.24 Å². The molecular formula is C27H22N2O5S2. The van der Waals surface area contributed by atoms with Crippen LogP contribution in [0.25, 0.3) is 21.1 Å². The molecule has 2 aromatic heterocycles. The number of aromatic nitrogens is 1. The fourth-order valence-electron chi connectivity index (χ4n) is 4.46. The molecule has 0 unspecified atom stereocenters. The minimum Gasteiger partial charge on any atom is -0.413 e. The number of carbonyl (C=O) groups is 1. The molecular weight excluding hydrogens is 496 g/mol. The van der Waals surface area contributed by atoms with E-state index in [0.29, 0.717) is 32.2 Å². The van der Waals surface area contributed by atoms with Crippen molar-refractivity contribution in [2.75, 3.05) is 4.31 Å². The van der Waals surface area contributed by atoms with Gasteiger partial charge in [-0.1, -0.05) is 41.7 Å². The van der Waals surface area contributed by atoms with E-state index in [1.807, 2.05) is 19.9 Å². The Bertz CT molecular complexity index is 1810. The van der Waals surface area contributed by atoms with Crippen LogP contribution in [0.15, 0.2) is 75.0 Å². The summed E-state index contributed by atoms with van der Waals surface area (Å²) < 4.78 is 35.6. The number of amides is 1. The lowest BCUT2D eigenvalue weighted by Gasteiger charge is -2.27. The Morgan fingerprint density at radius 2 is 1.61 bits per heavy atom. The maximum atomic E-state index is 14.5. The Kier molecular flexibility index (Phi) is 5.77. The molecule has 0 aliphatic rings. The number of sulfonamides is 1. The Labute approximate surface area is 211 Å². The zero-order chi connectivity index (χ0) is 25.8. The van der Waals surface area contributed by atoms with Crippen LogP contribution in [0.1, 0.15) is 32.6 Å². The van der Waals surface area contributed by atoms with E-state index in [4.69, 9.17) is 4.42 Å². The summed E-state index contributed by atoms with van der Waals surface area (Å²) in [5.41, 5.74) is 3.36. The van der Waals surface area contributed by atoms with Gasteiger partial charge in [0.1, 0.15) is 0 Å². The van der Waals surface area contributed by atoms with E-state index in [0.717, 1.165) is 26.8 Å². The second kappa shape index (κ2) is 8.69. The molecule has 36 heavy (non-hydrogen) atoms. The summed E-state index contributed by atoms with van der Waals surface area (Å²) in [6, 6.07) is 13.5. The normalized spacial score (nSPS) is 11.8. The fraction of sp³-hybridized carbons (Fsp3) is 0.148. The summed E-state index contributed by atoms with van der Waals surface area (Å²) in [6.07, 6.45) is 2.85. The van der Waals surface area contributed by atoms with Crippen LogP contribution in [-0.4, -0.2) is 19.3 Å². The van der Waals surface area contributed by atoms with Crippen molar-refractivity contribution in [3.05, 3.63) is 98.5 Å². The van der Waals surface area contributed by atoms with Gasteiger partial charge in [-0.3, -0.25) is 9.78 Å². The summed E-state index contributed by atoms with van der Waals surface area (Å²) in [4.78, 5) is 29.7. The molecule has 0 bridgehead atoms. The molecule has 1 amide bonds. The van der Waals surface area contributed by atoms with Crippen LogP contribution >= 0.6 is 11.3 Å². The zero-order valence-corrected chi connectivity index (χ0v) is 21.7. The van der Waals surface area contributed by atoms with Gasteiger partial charge >= 0.3 is 4.94 Å². The molecule has 0 fully saturated rings. The van der Waals surface area contributed by atoms with Gasteiger partial charge in [-0.15, -0.1) is 0 Å². The van der Waals surface area contributed by atoms with Crippen molar-refractivity contribution >= 4 is 54.0 Å². The number of aryl methyl sites for hydroxylation is 2. The molecule has 2 heterocycles. The van der Waals surface area contributed by atoms with Gasteiger partial charge in [-0.05, 0) is 68.1 Å². The molecule has 9 heteroatoms. The zero-order valence-electron chi connectivity index (χ0n) is 20.0. The highest BCUT2D eigenvalue weighted by Crippen LogP contribution is 2.39. The van der Waals surface area contributed by atoms with Crippen molar-refractivity contribution < 1.29 is 17.6 Å². The summed E-state index contributed by atoms with van der Waals surface area (Å²) >= 11 is 0.856. The van der Waals surface area contributed by atoms with Crippen LogP contribution in [-0.2, 0) is 10.0 Å². The average Bonchev–Trinajstić information content (AvgIpc) is 3.23. The molecule has 0 atom stereocenters. The number of rotatable bonds is 4. The third kappa shape index (κ3) is 3.71. The van der Waals surface area contributed by atoms with E-state index in [9.17, 15) is 18.0 Å². The average molecular weight is 519 g/mol. The van der Waals surface area contributed by atoms with Crippen LogP contribution in [0, 0.1) is 27.7 Å². The van der Waals surface area contributed by atoms with Crippen molar-refractivity contribution in [1.82, 2.24) is 4.98 Å². The Morgan fingerprint density at radius 1 is 0.944 bits per heavy atom. The number of fused-ring (bicyclic) bond motifs is 3. The fourth-order valence-corrected chi connectivity index (χ4v) is 7.19. The van der Waals surface area contributed by atoms with Crippen LogP contribution in [0.2, 0.25) is 0 Å². The molecule has 0 radical (unpaired) electrons. The van der Waals surface area contributed by atoms with Gasteiger partial charge in [0.2, 0.25) is 0 Å². The smallest absolute Gasteiger partial charge is 0.396 e. The van der Waals surface area contributed by atoms with E-state index in [1.54, 1.807) is 44.2 Å². The standard InChI is InChI=1S/C27H22N2O5S2/c1-15-12-16(2)18(4)25(17(15)3)36(32,33)29(26(30)19-8-7-11-28-14-19)22-13-23-24(34-27(31)35-23)21-10-6-5-9-20(21)22/h5-14H,1-4H3. The second-order valence-electron chi connectivity index (χ2n) is 8.63. The largest absolute Gasteiger partial charge is 0.413 e. The quantitative estimate of drug-likeness (QED) is 0.304. The van der Waals surface area contributed by atoms with Gasteiger partial charge in [-0.2, -0.15) is 4.31 Å². The summed E-state index contributed by atoms with van der Waals surface area (Å²) in [5, 5.41) is 1.00. The highest BCUT2D eigenvalue weighted by Gasteiger charge is 2.36. The number of pyridine rings is 1. The lowest BCUT2D eigenvalue weighted by Crippen LogP contribution is -2.38. The summed E-state index contributed by atoms with van der Waals surface area (Å²) in [6.45, 7) is 7.17. The van der Waals surface area contributed by atoms with Gasteiger partial charge in [0.15, 0.2) is 5.58 Å². The number of nitrogens with zero attached hydrogens (tertiary/aromatic N) is 2. The highest BCUT2D eigenvalue weighted by atomic mass is 32.2. The Balaban J connectivity index is 1.91. The number of anilines is 1. The molecule has 0 saturated heterocycles. The number of hydrogen-bond donors (Lipinski definition) is 0. The summed E-state index contributed by atoms with van der Waals surface area (Å²) in [7, 11) is -4.41. The first-order valence-corrected chi connectivity index (χ1v) is 13.4. The maximum absolute atomic E-state index is 14.5. The summed E-state index contributed by atoms with van der Waals surface area (Å²) in [5.74, 6) is -0.749. The number of hydrogen-bond acceptors (Lipinski definition) is 7. The van der Waals surface area contributed by atoms with Crippen molar-refractivity contribution in [2.45, 2.75) is 32.6 Å². The molecule has 0 aliphatic heterocycles. The van der Waals surface area contributed by atoms with Crippen LogP contribution in [0.3, 0.4) is 0 Å². The third-order valence-corrected chi connectivity index (χ3v) is 9.17. The molecule has 5 aromatic rings. The molecule has 0 N–H and O–H groups in total. The van der Waals surface area contributed by atoms with Crippen LogP contribution in [0.4, 0.5) is 5.69 Å². The maximum Gasteiger partial charge on any atom is 0.396 e. The molecule has 182 valence electrons. The van der Waals surface area contributed by atoms with Gasteiger partial charge in [-0.25, -0.2) is 13.2 Å². The Hall–Kier alpha value is -3.82. The SMILES string of the molecule is Cc1cc(C)c(C)c(S(=O)(=O)N(C(=O)c2cccnc2)c2cc3sc(=O)oc3c3ccccc23)c1C. The number of benzene rings is 3. The minimum absolute atomic E-state index is 0.0850. The van der Waals surface area contributed by atoms with Crippen molar-refractivity contribution in [3.63, 3.8) is 0 Å². The third-order valence-electron chi connectivity index (χ3n) is 6.43. The number of carbonyl (C=O) groups excluding carboxylic acids is 1. The Morgan fingerprint density at radius 3 is 2.25 bits per heavy atom. The first-order valence-electron chi connectivity index (χ1n) is 11.1. The molecule has 5 rings (SSSR count). The van der Waals surface area contributed by atoms with Crippen molar-refractivity contribution in [1.29, 1.82) is 0 Å². The minimum atomic E-state index is -4.41. The highest BCUT2D eigenvalue weighted by molar-refractivity contribution is 7.93. The first kappa shape index (κ1) is 23.9. The molecule has 0 spiro atoms. The van der Waals surface area contributed by atoms with E-state index < -0.39 is 20.9 Å². The van der Waals surface area contributed by atoms with Crippen molar-refractivity contribution in [3.8, 4) is 0 Å². The predicted molar refractivity (Wildman–Crippen MR) is 141 cm³/mol. The van der Waals surface area contributed by atoms with Crippen molar-refractivity contribution in [2.24, 2.45) is 0 Å². The van der Waals surface area contributed by atoms with E-state index in [2.05, 4.69) is 4.98 Å².